The molecule has 3 heterocycles. The minimum absolute atomic E-state index is 0.384. The van der Waals surface area contributed by atoms with Crippen LogP contribution >= 0.6 is 0 Å². The summed E-state index contributed by atoms with van der Waals surface area (Å²) in [4.78, 5) is 4.55. The molecule has 5 rings (SSSR count). The molecule has 0 spiro atoms. The van der Waals surface area contributed by atoms with E-state index in [1.807, 2.05) is 6.07 Å². The molecule has 0 aliphatic carbocycles. The van der Waals surface area contributed by atoms with Crippen LogP contribution in [0.4, 0.5) is 0 Å². The molecule has 0 amide bonds. The lowest BCUT2D eigenvalue weighted by molar-refractivity contribution is 0.0834. The molecule has 0 bridgehead atoms. The summed E-state index contributed by atoms with van der Waals surface area (Å²) in [6.45, 7) is 1.58. The first kappa shape index (κ1) is 14.5. The number of benzene rings is 2. The Hall–Kier alpha value is -2.79. The summed E-state index contributed by atoms with van der Waals surface area (Å²) >= 11 is 0. The first-order chi connectivity index (χ1) is 12.4. The molecule has 0 N–H and O–H groups in total. The highest BCUT2D eigenvalue weighted by atomic mass is 16.5. The zero-order chi connectivity index (χ0) is 16.6. The second-order valence-corrected chi connectivity index (χ2v) is 6.47. The second-order valence-electron chi connectivity index (χ2n) is 6.47. The molecule has 1 saturated heterocycles. The highest BCUT2D eigenvalue weighted by Crippen LogP contribution is 2.29. The van der Waals surface area contributed by atoms with E-state index in [1.54, 1.807) is 6.20 Å². The lowest BCUT2D eigenvalue weighted by Crippen LogP contribution is -2.16. The van der Waals surface area contributed by atoms with Crippen LogP contribution in [0.25, 0.3) is 27.8 Å². The van der Waals surface area contributed by atoms with Crippen molar-refractivity contribution in [3.8, 4) is 11.1 Å². The maximum Gasteiger partial charge on any atom is 0.179 e. The molecule has 0 radical (unpaired) electrons. The third kappa shape index (κ3) is 2.48. The molecule has 1 fully saturated rings. The predicted molar refractivity (Wildman–Crippen MR) is 96.5 cm³/mol. The van der Waals surface area contributed by atoms with Crippen LogP contribution in [-0.2, 0) is 4.74 Å². The lowest BCUT2D eigenvalue weighted by atomic mass is 9.99. The molecule has 0 unspecified atom stereocenters. The Labute approximate surface area is 145 Å². The van der Waals surface area contributed by atoms with Gasteiger partial charge in [0.25, 0.3) is 0 Å². The molecule has 1 aliphatic heterocycles. The Kier molecular flexibility index (Phi) is 3.45. The van der Waals surface area contributed by atoms with Gasteiger partial charge < -0.3 is 4.74 Å². The lowest BCUT2D eigenvalue weighted by Gasteiger charge is -2.20. The van der Waals surface area contributed by atoms with E-state index in [9.17, 15) is 0 Å². The van der Waals surface area contributed by atoms with Crippen LogP contribution in [0.1, 0.15) is 24.6 Å². The van der Waals surface area contributed by atoms with Crippen molar-refractivity contribution in [1.82, 2.24) is 19.6 Å². The summed E-state index contributed by atoms with van der Waals surface area (Å²) < 4.78 is 7.68. The molecule has 25 heavy (non-hydrogen) atoms. The molecule has 4 aromatic rings. The number of aromatic nitrogens is 4. The molecule has 5 heteroatoms. The summed E-state index contributed by atoms with van der Waals surface area (Å²) in [6, 6.07) is 16.8. The quantitative estimate of drug-likeness (QED) is 0.560. The largest absolute Gasteiger partial charge is 0.381 e. The van der Waals surface area contributed by atoms with Gasteiger partial charge in [-0.25, -0.2) is 0 Å². The molecular formula is C20H18N4O. The summed E-state index contributed by atoms with van der Waals surface area (Å²) in [5.74, 6) is 1.41. The van der Waals surface area contributed by atoms with E-state index in [2.05, 4.69) is 62.0 Å². The van der Waals surface area contributed by atoms with Crippen molar-refractivity contribution < 1.29 is 4.74 Å². The van der Waals surface area contributed by atoms with Gasteiger partial charge in [-0.15, -0.1) is 10.2 Å². The van der Waals surface area contributed by atoms with Gasteiger partial charge in [-0.1, -0.05) is 36.4 Å². The number of rotatable bonds is 2. The fraction of sp³-hybridized carbons (Fsp3) is 0.250. The number of hydrogen-bond donors (Lipinski definition) is 0. The van der Waals surface area contributed by atoms with Crippen LogP contribution in [0.3, 0.4) is 0 Å². The predicted octanol–water partition coefficient (Wildman–Crippen LogP) is 3.84. The fourth-order valence-corrected chi connectivity index (χ4v) is 3.61. The molecule has 0 atom stereocenters. The Morgan fingerprint density at radius 1 is 0.920 bits per heavy atom. The third-order valence-corrected chi connectivity index (χ3v) is 4.94. The molecule has 2 aromatic heterocycles. The number of ether oxygens (including phenoxy) is 1. The Morgan fingerprint density at radius 2 is 1.76 bits per heavy atom. The summed E-state index contributed by atoms with van der Waals surface area (Å²) in [5.41, 5.74) is 5.20. The van der Waals surface area contributed by atoms with Gasteiger partial charge in [-0.2, -0.15) is 0 Å². The molecule has 0 saturated carbocycles. The minimum atomic E-state index is 0.384. The van der Waals surface area contributed by atoms with E-state index in [0.29, 0.717) is 5.92 Å². The van der Waals surface area contributed by atoms with E-state index in [1.165, 1.54) is 11.1 Å². The van der Waals surface area contributed by atoms with Crippen molar-refractivity contribution in [2.24, 2.45) is 0 Å². The van der Waals surface area contributed by atoms with Crippen LogP contribution in [-0.4, -0.2) is 32.8 Å². The SMILES string of the molecule is c1ccc(-c2ccc3ncc4nnc(C5CCOCC5)n4c3c2)cc1. The highest BCUT2D eigenvalue weighted by molar-refractivity contribution is 5.83. The highest BCUT2D eigenvalue weighted by Gasteiger charge is 2.22. The molecule has 2 aromatic carbocycles. The Bertz CT molecular complexity index is 1040. The van der Waals surface area contributed by atoms with Crippen molar-refractivity contribution in [1.29, 1.82) is 0 Å². The molecule has 5 nitrogen and oxygen atoms in total. The van der Waals surface area contributed by atoms with Crippen molar-refractivity contribution in [3.05, 3.63) is 60.6 Å². The zero-order valence-corrected chi connectivity index (χ0v) is 13.8. The average molecular weight is 330 g/mol. The second kappa shape index (κ2) is 5.93. The normalized spacial score (nSPS) is 15.8. The van der Waals surface area contributed by atoms with Gasteiger partial charge in [0.2, 0.25) is 0 Å². The van der Waals surface area contributed by atoms with Crippen molar-refractivity contribution in [3.63, 3.8) is 0 Å². The van der Waals surface area contributed by atoms with Crippen molar-refractivity contribution >= 4 is 16.7 Å². The van der Waals surface area contributed by atoms with Crippen molar-refractivity contribution in [2.45, 2.75) is 18.8 Å². The topological polar surface area (TPSA) is 52.3 Å². The number of hydrogen-bond acceptors (Lipinski definition) is 4. The van der Waals surface area contributed by atoms with Gasteiger partial charge in [-0.05, 0) is 36.1 Å². The summed E-state index contributed by atoms with van der Waals surface area (Å²) in [6.07, 6.45) is 3.78. The number of fused-ring (bicyclic) bond motifs is 3. The zero-order valence-electron chi connectivity index (χ0n) is 13.8. The van der Waals surface area contributed by atoms with Gasteiger partial charge in [0, 0.05) is 19.1 Å². The van der Waals surface area contributed by atoms with Gasteiger partial charge in [0.15, 0.2) is 5.65 Å². The van der Waals surface area contributed by atoms with Gasteiger partial charge in [-0.3, -0.25) is 9.38 Å². The average Bonchev–Trinajstić information content (AvgIpc) is 3.14. The van der Waals surface area contributed by atoms with E-state index < -0.39 is 0 Å². The number of nitrogens with zero attached hydrogens (tertiary/aromatic N) is 4. The van der Waals surface area contributed by atoms with Crippen LogP contribution in [0.5, 0.6) is 0 Å². The minimum Gasteiger partial charge on any atom is -0.381 e. The van der Waals surface area contributed by atoms with Crippen LogP contribution in [0, 0.1) is 0 Å². The first-order valence-electron chi connectivity index (χ1n) is 8.67. The smallest absolute Gasteiger partial charge is 0.179 e. The van der Waals surface area contributed by atoms with Gasteiger partial charge >= 0.3 is 0 Å². The standard InChI is InChI=1S/C20H18N4O/c1-2-4-14(5-3-1)16-6-7-17-18(12-16)24-19(13-21-17)22-23-20(24)15-8-10-25-11-9-15/h1-7,12-13,15H,8-11H2. The fourth-order valence-electron chi connectivity index (χ4n) is 3.61. The van der Waals surface area contributed by atoms with Crippen LogP contribution < -0.4 is 0 Å². The Balaban J connectivity index is 1.73. The van der Waals surface area contributed by atoms with Gasteiger partial charge in [0.1, 0.15) is 5.82 Å². The first-order valence-corrected chi connectivity index (χ1v) is 8.67. The van der Waals surface area contributed by atoms with Crippen LogP contribution in [0.15, 0.2) is 54.7 Å². The maximum absolute atomic E-state index is 5.50. The van der Waals surface area contributed by atoms with Crippen molar-refractivity contribution in [2.75, 3.05) is 13.2 Å². The maximum atomic E-state index is 5.50. The van der Waals surface area contributed by atoms with Gasteiger partial charge in [0.05, 0.1) is 17.2 Å². The van der Waals surface area contributed by atoms with E-state index >= 15 is 0 Å². The molecule has 1 aliphatic rings. The molecule has 124 valence electrons. The summed E-state index contributed by atoms with van der Waals surface area (Å²) in [7, 11) is 0. The monoisotopic (exact) mass is 330 g/mol. The molecular weight excluding hydrogens is 312 g/mol. The summed E-state index contributed by atoms with van der Waals surface area (Å²) in [5, 5.41) is 8.84. The van der Waals surface area contributed by atoms with E-state index in [4.69, 9.17) is 4.74 Å². The third-order valence-electron chi connectivity index (χ3n) is 4.94. The Morgan fingerprint density at radius 3 is 2.60 bits per heavy atom. The van der Waals surface area contributed by atoms with E-state index in [-0.39, 0.29) is 0 Å². The van der Waals surface area contributed by atoms with Crippen LogP contribution in [0.2, 0.25) is 0 Å². The van der Waals surface area contributed by atoms with E-state index in [0.717, 1.165) is 48.6 Å².